The first-order chi connectivity index (χ1) is 10.5. The fourth-order valence-corrected chi connectivity index (χ4v) is 2.61. The largest absolute Gasteiger partial charge is 0.325 e. The quantitative estimate of drug-likeness (QED) is 0.497. The van der Waals surface area contributed by atoms with Crippen molar-refractivity contribution < 1.29 is 9.72 Å². The lowest BCUT2D eigenvalue weighted by molar-refractivity contribution is -0.384. The Balaban J connectivity index is 2.02. The first-order valence-corrected chi connectivity index (χ1v) is 7.45. The smallest absolute Gasteiger partial charge is 0.269 e. The number of rotatable bonds is 6. The molecule has 1 aromatic carbocycles. The van der Waals surface area contributed by atoms with Crippen molar-refractivity contribution in [2.75, 3.05) is 5.32 Å². The minimum atomic E-state index is -0.482. The molecule has 0 aliphatic carbocycles. The summed E-state index contributed by atoms with van der Waals surface area (Å²) in [6.07, 6.45) is 2.19. The summed E-state index contributed by atoms with van der Waals surface area (Å²) in [5.41, 5.74) is 0.506. The molecule has 0 radical (unpaired) electrons. The zero-order valence-corrected chi connectivity index (χ0v) is 12.9. The van der Waals surface area contributed by atoms with Crippen LogP contribution in [0.1, 0.15) is 13.3 Å². The number of aromatic nitrogens is 3. The van der Waals surface area contributed by atoms with Crippen molar-refractivity contribution >= 4 is 29.0 Å². The van der Waals surface area contributed by atoms with Crippen LogP contribution in [0.15, 0.2) is 35.7 Å². The maximum absolute atomic E-state index is 12.3. The van der Waals surface area contributed by atoms with Crippen molar-refractivity contribution in [1.82, 2.24) is 14.8 Å². The summed E-state index contributed by atoms with van der Waals surface area (Å²) in [7, 11) is 1.81. The molecule has 0 fully saturated rings. The molecule has 0 spiro atoms. The molecule has 1 aromatic heterocycles. The Hall–Kier alpha value is -2.42. The number of thioether (sulfide) groups is 1. The van der Waals surface area contributed by atoms with Gasteiger partial charge >= 0.3 is 0 Å². The topological polar surface area (TPSA) is 103 Å². The fourth-order valence-electron chi connectivity index (χ4n) is 1.72. The highest BCUT2D eigenvalue weighted by Gasteiger charge is 2.20. The maximum atomic E-state index is 12.3. The molecule has 0 aliphatic heterocycles. The van der Waals surface area contributed by atoms with Crippen molar-refractivity contribution in [2.45, 2.75) is 23.8 Å². The van der Waals surface area contributed by atoms with E-state index in [1.54, 1.807) is 10.9 Å². The van der Waals surface area contributed by atoms with Crippen LogP contribution < -0.4 is 5.32 Å². The Bertz CT molecular complexity index is 671. The Kier molecular flexibility index (Phi) is 5.10. The van der Waals surface area contributed by atoms with Crippen molar-refractivity contribution in [2.24, 2.45) is 7.05 Å². The molecule has 2 aromatic rings. The number of nitrogens with one attached hydrogen (secondary N) is 1. The van der Waals surface area contributed by atoms with Crippen LogP contribution in [0.4, 0.5) is 11.4 Å². The minimum Gasteiger partial charge on any atom is -0.325 e. The van der Waals surface area contributed by atoms with Gasteiger partial charge in [-0.1, -0.05) is 18.7 Å². The van der Waals surface area contributed by atoms with Crippen molar-refractivity contribution in [3.63, 3.8) is 0 Å². The number of nitro benzene ring substituents is 1. The van der Waals surface area contributed by atoms with Crippen LogP contribution >= 0.6 is 11.8 Å². The van der Waals surface area contributed by atoms with Crippen LogP contribution in [0.5, 0.6) is 0 Å². The SMILES string of the molecule is CC[C@@H](Sc1nncn1C)C(=O)Nc1ccc([N+](=O)[O-])cc1. The Morgan fingerprint density at radius 3 is 2.64 bits per heavy atom. The van der Waals surface area contributed by atoms with E-state index >= 15 is 0 Å². The fraction of sp³-hybridized carbons (Fsp3) is 0.308. The van der Waals surface area contributed by atoms with Gasteiger partial charge in [-0.3, -0.25) is 14.9 Å². The van der Waals surface area contributed by atoms with E-state index in [1.165, 1.54) is 36.0 Å². The minimum absolute atomic E-state index is 0.0153. The van der Waals surface area contributed by atoms with E-state index in [4.69, 9.17) is 0 Å². The molecular weight excluding hydrogens is 306 g/mol. The lowest BCUT2D eigenvalue weighted by Gasteiger charge is -2.13. The summed E-state index contributed by atoms with van der Waals surface area (Å²) < 4.78 is 1.74. The van der Waals surface area contributed by atoms with Crippen LogP contribution in [-0.2, 0) is 11.8 Å². The van der Waals surface area contributed by atoms with E-state index in [2.05, 4.69) is 15.5 Å². The van der Waals surface area contributed by atoms with E-state index in [-0.39, 0.29) is 16.8 Å². The maximum Gasteiger partial charge on any atom is 0.269 e. The summed E-state index contributed by atoms with van der Waals surface area (Å²) in [6.45, 7) is 1.91. The number of benzene rings is 1. The lowest BCUT2D eigenvalue weighted by Crippen LogP contribution is -2.24. The number of hydrogen-bond donors (Lipinski definition) is 1. The van der Waals surface area contributed by atoms with Crippen molar-refractivity contribution in [3.8, 4) is 0 Å². The van der Waals surface area contributed by atoms with Gasteiger partial charge in [0.25, 0.3) is 5.69 Å². The molecule has 0 bridgehead atoms. The van der Waals surface area contributed by atoms with E-state index in [9.17, 15) is 14.9 Å². The van der Waals surface area contributed by atoms with Gasteiger partial charge in [0.05, 0.1) is 10.2 Å². The molecule has 0 aliphatic rings. The third-order valence-electron chi connectivity index (χ3n) is 2.93. The van der Waals surface area contributed by atoms with Gasteiger partial charge in [-0.05, 0) is 18.6 Å². The summed E-state index contributed by atoms with van der Waals surface area (Å²) in [6, 6.07) is 5.73. The number of carbonyl (C=O) groups excluding carboxylic acids is 1. The number of amides is 1. The number of hydrogen-bond acceptors (Lipinski definition) is 6. The van der Waals surface area contributed by atoms with Crippen LogP contribution in [0.3, 0.4) is 0 Å². The molecular formula is C13H15N5O3S. The van der Waals surface area contributed by atoms with Crippen LogP contribution in [0.25, 0.3) is 0 Å². The highest BCUT2D eigenvalue weighted by atomic mass is 32.2. The monoisotopic (exact) mass is 321 g/mol. The van der Waals surface area contributed by atoms with Gasteiger partial charge in [-0.15, -0.1) is 10.2 Å². The molecule has 9 heteroatoms. The van der Waals surface area contributed by atoms with Crippen molar-refractivity contribution in [1.29, 1.82) is 0 Å². The number of nitro groups is 1. The van der Waals surface area contributed by atoms with Crippen LogP contribution in [0.2, 0.25) is 0 Å². The number of anilines is 1. The molecule has 8 nitrogen and oxygen atoms in total. The number of aryl methyl sites for hydroxylation is 1. The molecule has 1 N–H and O–H groups in total. The van der Waals surface area contributed by atoms with Gasteiger partial charge in [0.15, 0.2) is 5.16 Å². The van der Waals surface area contributed by atoms with Gasteiger partial charge in [0.2, 0.25) is 5.91 Å². The molecule has 22 heavy (non-hydrogen) atoms. The third-order valence-corrected chi connectivity index (χ3v) is 4.34. The molecule has 0 saturated heterocycles. The molecule has 1 heterocycles. The lowest BCUT2D eigenvalue weighted by atomic mass is 10.2. The highest BCUT2D eigenvalue weighted by molar-refractivity contribution is 8.00. The molecule has 116 valence electrons. The van der Waals surface area contributed by atoms with Gasteiger partial charge in [-0.25, -0.2) is 0 Å². The number of carbonyl (C=O) groups is 1. The van der Waals surface area contributed by atoms with Gasteiger partial charge in [0.1, 0.15) is 6.33 Å². The molecule has 2 rings (SSSR count). The standard InChI is InChI=1S/C13H15N5O3S/c1-3-11(22-13-16-14-8-17(13)2)12(19)15-9-4-6-10(7-5-9)18(20)21/h4-8,11H,3H2,1-2H3,(H,15,19)/t11-/m1/s1. The zero-order chi connectivity index (χ0) is 16.1. The van der Waals surface area contributed by atoms with E-state index in [0.717, 1.165) is 0 Å². The second kappa shape index (κ2) is 7.03. The predicted molar refractivity (Wildman–Crippen MR) is 82.7 cm³/mol. The average molecular weight is 321 g/mol. The molecule has 1 amide bonds. The van der Waals surface area contributed by atoms with Crippen LogP contribution in [0, 0.1) is 10.1 Å². The average Bonchev–Trinajstić information content (AvgIpc) is 2.90. The van der Waals surface area contributed by atoms with E-state index in [1.807, 2.05) is 14.0 Å². The summed E-state index contributed by atoms with van der Waals surface area (Å²) >= 11 is 1.33. The van der Waals surface area contributed by atoms with Gasteiger partial charge in [0, 0.05) is 24.9 Å². The predicted octanol–water partition coefficient (Wildman–Crippen LogP) is 2.23. The van der Waals surface area contributed by atoms with Gasteiger partial charge in [-0.2, -0.15) is 0 Å². The molecule has 0 unspecified atom stereocenters. The van der Waals surface area contributed by atoms with E-state index < -0.39 is 4.92 Å². The molecule has 0 saturated carbocycles. The Morgan fingerprint density at radius 1 is 1.45 bits per heavy atom. The normalized spacial score (nSPS) is 11.9. The third kappa shape index (κ3) is 3.82. The Labute approximate surface area is 131 Å². The summed E-state index contributed by atoms with van der Waals surface area (Å²) in [4.78, 5) is 22.4. The second-order valence-electron chi connectivity index (χ2n) is 4.53. The van der Waals surface area contributed by atoms with Gasteiger partial charge < -0.3 is 9.88 Å². The van der Waals surface area contributed by atoms with Crippen molar-refractivity contribution in [3.05, 3.63) is 40.7 Å². The number of non-ortho nitro benzene ring substituents is 1. The first kappa shape index (κ1) is 16.0. The van der Waals surface area contributed by atoms with E-state index in [0.29, 0.717) is 17.3 Å². The highest BCUT2D eigenvalue weighted by Crippen LogP contribution is 2.24. The first-order valence-electron chi connectivity index (χ1n) is 6.57. The zero-order valence-electron chi connectivity index (χ0n) is 12.1. The summed E-state index contributed by atoms with van der Waals surface area (Å²) in [5.74, 6) is -0.177. The molecule has 1 atom stereocenters. The number of nitrogens with zero attached hydrogens (tertiary/aromatic N) is 4. The van der Waals surface area contributed by atoms with Crippen LogP contribution in [-0.4, -0.2) is 30.8 Å². The Morgan fingerprint density at radius 2 is 2.14 bits per heavy atom. The second-order valence-corrected chi connectivity index (χ2v) is 5.70. The summed E-state index contributed by atoms with van der Waals surface area (Å²) in [5, 5.41) is 21.4.